The predicted molar refractivity (Wildman–Crippen MR) is 122 cm³/mol. The summed E-state index contributed by atoms with van der Waals surface area (Å²) >= 11 is 1.06. The molecule has 3 amide bonds. The normalized spacial score (nSPS) is 19.1. The molecule has 2 heterocycles. The molecule has 1 unspecified atom stereocenters. The Bertz CT molecular complexity index is 1330. The van der Waals surface area contributed by atoms with Crippen LogP contribution in [0.2, 0.25) is 0 Å². The number of carbonyl (C=O) groups excluding carboxylic acids is 3. The fraction of sp³-hybridized carbons (Fsp3) is 0.125. The number of hydrogen-bond donors (Lipinski definition) is 1. The molecule has 172 valence electrons. The molecule has 0 bridgehead atoms. The summed E-state index contributed by atoms with van der Waals surface area (Å²) in [6.45, 7) is -0.366. The highest BCUT2D eigenvalue weighted by molar-refractivity contribution is 8.02. The van der Waals surface area contributed by atoms with Gasteiger partial charge in [-0.3, -0.25) is 24.2 Å². The number of fused-ring (bicyclic) bond motifs is 2. The Balaban J connectivity index is 1.52. The van der Waals surface area contributed by atoms with Gasteiger partial charge in [0.1, 0.15) is 12.4 Å². The van der Waals surface area contributed by atoms with E-state index >= 15 is 0 Å². The van der Waals surface area contributed by atoms with E-state index in [2.05, 4.69) is 5.32 Å². The first-order valence-electron chi connectivity index (χ1n) is 10.2. The summed E-state index contributed by atoms with van der Waals surface area (Å²) < 4.78 is 40.7. The first-order valence-corrected chi connectivity index (χ1v) is 11.2. The third-order valence-corrected chi connectivity index (χ3v) is 7.04. The van der Waals surface area contributed by atoms with Crippen LogP contribution in [0.15, 0.2) is 66.7 Å². The summed E-state index contributed by atoms with van der Waals surface area (Å²) in [5, 5.41) is 2.61. The van der Waals surface area contributed by atoms with Gasteiger partial charge in [0, 0.05) is 23.0 Å². The molecule has 1 N–H and O–H groups in total. The van der Waals surface area contributed by atoms with Crippen LogP contribution in [-0.2, 0) is 19.3 Å². The van der Waals surface area contributed by atoms with Gasteiger partial charge in [0.2, 0.25) is 16.7 Å². The highest BCUT2D eigenvalue weighted by Crippen LogP contribution is 2.55. The summed E-state index contributed by atoms with van der Waals surface area (Å²) in [5.74, 6) is -4.26. The SMILES string of the molecule is O=C(CN1C(=O)C2(SCC(=O)N2c2ccc(F)c(F)c2)c2ccccc21)Nc1ccc(F)cc1. The number of carbonyl (C=O) groups is 3. The average molecular weight is 483 g/mol. The van der Waals surface area contributed by atoms with Crippen LogP contribution in [0.1, 0.15) is 5.56 Å². The molecular weight excluding hydrogens is 467 g/mol. The number of thioether (sulfide) groups is 1. The van der Waals surface area contributed by atoms with Crippen LogP contribution >= 0.6 is 11.8 Å². The van der Waals surface area contributed by atoms with Crippen LogP contribution in [0.25, 0.3) is 0 Å². The van der Waals surface area contributed by atoms with E-state index in [1.54, 1.807) is 24.3 Å². The molecule has 0 radical (unpaired) electrons. The summed E-state index contributed by atoms with van der Waals surface area (Å²) in [5.41, 5.74) is 1.29. The van der Waals surface area contributed by atoms with Crippen molar-refractivity contribution >= 4 is 46.5 Å². The maximum Gasteiger partial charge on any atom is 0.269 e. The number of benzene rings is 3. The van der Waals surface area contributed by atoms with Gasteiger partial charge in [-0.15, -0.1) is 11.8 Å². The molecule has 3 aromatic carbocycles. The maximum absolute atomic E-state index is 14.0. The van der Waals surface area contributed by atoms with Crippen LogP contribution in [0.4, 0.5) is 30.2 Å². The molecule has 1 spiro atoms. The largest absolute Gasteiger partial charge is 0.325 e. The molecule has 10 heteroatoms. The van der Waals surface area contributed by atoms with Crippen molar-refractivity contribution in [3.05, 3.63) is 89.7 Å². The van der Waals surface area contributed by atoms with Crippen LogP contribution in [0.3, 0.4) is 0 Å². The van der Waals surface area contributed by atoms with E-state index in [1.807, 2.05) is 0 Å². The van der Waals surface area contributed by atoms with Crippen molar-refractivity contribution in [1.29, 1.82) is 0 Å². The zero-order valence-electron chi connectivity index (χ0n) is 17.4. The van der Waals surface area contributed by atoms with Gasteiger partial charge in [-0.2, -0.15) is 0 Å². The van der Waals surface area contributed by atoms with Crippen LogP contribution in [0.5, 0.6) is 0 Å². The molecule has 1 saturated heterocycles. The number of anilines is 3. The van der Waals surface area contributed by atoms with E-state index in [0.29, 0.717) is 16.9 Å². The average Bonchev–Trinajstić information content (AvgIpc) is 3.28. The Labute approximate surface area is 196 Å². The van der Waals surface area contributed by atoms with Gasteiger partial charge in [-0.05, 0) is 42.5 Å². The number of rotatable bonds is 4. The fourth-order valence-corrected chi connectivity index (χ4v) is 5.57. The number of nitrogens with one attached hydrogen (secondary N) is 1. The van der Waals surface area contributed by atoms with Crippen molar-refractivity contribution in [2.24, 2.45) is 0 Å². The van der Waals surface area contributed by atoms with Crippen molar-refractivity contribution in [1.82, 2.24) is 0 Å². The fourth-order valence-electron chi connectivity index (χ4n) is 4.21. The van der Waals surface area contributed by atoms with Crippen molar-refractivity contribution in [2.75, 3.05) is 27.4 Å². The van der Waals surface area contributed by atoms with Crippen molar-refractivity contribution in [3.8, 4) is 0 Å². The van der Waals surface area contributed by atoms with E-state index in [-0.39, 0.29) is 18.0 Å². The third-order valence-electron chi connectivity index (χ3n) is 5.65. The Hall–Kier alpha value is -3.79. The highest BCUT2D eigenvalue weighted by Gasteiger charge is 2.61. The molecule has 1 fully saturated rings. The number of nitrogens with zero attached hydrogens (tertiary/aromatic N) is 2. The summed E-state index contributed by atoms with van der Waals surface area (Å²) in [7, 11) is 0. The first-order chi connectivity index (χ1) is 16.3. The second kappa shape index (κ2) is 8.21. The smallest absolute Gasteiger partial charge is 0.269 e. The Morgan fingerprint density at radius 3 is 2.44 bits per heavy atom. The lowest BCUT2D eigenvalue weighted by Gasteiger charge is -2.33. The third kappa shape index (κ3) is 3.41. The lowest BCUT2D eigenvalue weighted by Crippen LogP contribution is -2.51. The van der Waals surface area contributed by atoms with Gasteiger partial charge >= 0.3 is 0 Å². The summed E-state index contributed by atoms with van der Waals surface area (Å²) in [6.07, 6.45) is 0. The zero-order chi connectivity index (χ0) is 24.0. The standard InChI is InChI=1S/C24H16F3N3O3S/c25-14-5-7-15(8-6-14)28-21(31)12-29-20-4-2-1-3-17(20)24(23(29)33)30(22(32)13-34-24)16-9-10-18(26)19(27)11-16/h1-11H,12-13H2,(H,28,31). The monoisotopic (exact) mass is 483 g/mol. The van der Waals surface area contributed by atoms with Crippen molar-refractivity contribution in [3.63, 3.8) is 0 Å². The van der Waals surface area contributed by atoms with E-state index in [1.165, 1.54) is 40.1 Å². The van der Waals surface area contributed by atoms with E-state index < -0.39 is 40.0 Å². The van der Waals surface area contributed by atoms with E-state index in [9.17, 15) is 27.6 Å². The zero-order valence-corrected chi connectivity index (χ0v) is 18.2. The number of halogens is 3. The van der Waals surface area contributed by atoms with Gasteiger partial charge in [0.15, 0.2) is 11.6 Å². The van der Waals surface area contributed by atoms with Crippen molar-refractivity contribution < 1.29 is 27.6 Å². The topological polar surface area (TPSA) is 69.7 Å². The van der Waals surface area contributed by atoms with Gasteiger partial charge in [-0.25, -0.2) is 13.2 Å². The quantitative estimate of drug-likeness (QED) is 0.609. The van der Waals surface area contributed by atoms with Gasteiger partial charge < -0.3 is 5.32 Å². The molecular formula is C24H16F3N3O3S. The minimum Gasteiger partial charge on any atom is -0.325 e. The van der Waals surface area contributed by atoms with Gasteiger partial charge in [0.05, 0.1) is 11.4 Å². The predicted octanol–water partition coefficient (Wildman–Crippen LogP) is 4.02. The molecule has 0 aliphatic carbocycles. The second-order valence-corrected chi connectivity index (χ2v) is 8.89. The van der Waals surface area contributed by atoms with Crippen molar-refractivity contribution in [2.45, 2.75) is 4.87 Å². The summed E-state index contributed by atoms with van der Waals surface area (Å²) in [6, 6.07) is 14.9. The molecule has 0 aromatic heterocycles. The second-order valence-electron chi connectivity index (χ2n) is 7.72. The Morgan fingerprint density at radius 1 is 0.971 bits per heavy atom. The molecule has 0 saturated carbocycles. The summed E-state index contributed by atoms with van der Waals surface area (Å²) in [4.78, 5) is 40.3. The maximum atomic E-state index is 14.0. The molecule has 2 aliphatic heterocycles. The Morgan fingerprint density at radius 2 is 1.71 bits per heavy atom. The van der Waals surface area contributed by atoms with E-state index in [4.69, 9.17) is 0 Å². The molecule has 5 rings (SSSR count). The molecule has 3 aromatic rings. The van der Waals surface area contributed by atoms with E-state index in [0.717, 1.165) is 23.9 Å². The van der Waals surface area contributed by atoms with Crippen LogP contribution in [-0.4, -0.2) is 30.0 Å². The molecule has 1 atom stereocenters. The van der Waals surface area contributed by atoms with Gasteiger partial charge in [-0.1, -0.05) is 18.2 Å². The minimum atomic E-state index is -1.56. The number of amides is 3. The minimum absolute atomic E-state index is 0.0367. The van der Waals surface area contributed by atoms with Crippen LogP contribution in [0, 0.1) is 17.5 Å². The first kappa shape index (κ1) is 22.0. The van der Waals surface area contributed by atoms with Crippen LogP contribution < -0.4 is 15.1 Å². The molecule has 6 nitrogen and oxygen atoms in total. The lowest BCUT2D eigenvalue weighted by atomic mass is 10.0. The number of para-hydroxylation sites is 1. The molecule has 34 heavy (non-hydrogen) atoms. The Kier molecular flexibility index (Phi) is 5.32. The highest BCUT2D eigenvalue weighted by atomic mass is 32.2. The lowest BCUT2D eigenvalue weighted by molar-refractivity contribution is -0.124. The number of hydrogen-bond acceptors (Lipinski definition) is 4. The van der Waals surface area contributed by atoms with Gasteiger partial charge in [0.25, 0.3) is 5.91 Å². The molecule has 2 aliphatic rings.